The van der Waals surface area contributed by atoms with Crippen LogP contribution in [-0.4, -0.2) is 5.16 Å². The molecule has 0 fully saturated rings. The van der Waals surface area contributed by atoms with E-state index in [1.54, 1.807) is 6.07 Å². The van der Waals surface area contributed by atoms with Crippen LogP contribution in [0.1, 0.15) is 61.4 Å². The Hall–Kier alpha value is -1.68. The van der Waals surface area contributed by atoms with Crippen molar-refractivity contribution in [2.75, 3.05) is 0 Å². The molecule has 0 saturated heterocycles. The van der Waals surface area contributed by atoms with E-state index in [1.165, 1.54) is 5.56 Å². The Labute approximate surface area is 137 Å². The summed E-state index contributed by atoms with van der Waals surface area (Å²) in [7, 11) is 0. The van der Waals surface area contributed by atoms with E-state index < -0.39 is 0 Å². The third-order valence-electron chi connectivity index (χ3n) is 5.01. The number of hydrogen-bond acceptors (Lipinski definition) is 3. The van der Waals surface area contributed by atoms with Gasteiger partial charge in [-0.1, -0.05) is 38.1 Å². The quantitative estimate of drug-likeness (QED) is 0.891. The zero-order valence-corrected chi connectivity index (χ0v) is 14.2. The highest BCUT2D eigenvalue weighted by Crippen LogP contribution is 2.35. The molecule has 0 aliphatic heterocycles. The van der Waals surface area contributed by atoms with E-state index in [2.05, 4.69) is 37.3 Å². The summed E-state index contributed by atoms with van der Waals surface area (Å²) < 4.78 is 19.5. The van der Waals surface area contributed by atoms with Gasteiger partial charge in [0.25, 0.3) is 0 Å². The maximum atomic E-state index is 14.1. The Morgan fingerprint density at radius 3 is 2.87 bits per heavy atom. The van der Waals surface area contributed by atoms with Crippen LogP contribution in [0.2, 0.25) is 0 Å². The molecule has 1 aromatic heterocycles. The van der Waals surface area contributed by atoms with Gasteiger partial charge in [0.15, 0.2) is 0 Å². The molecule has 1 N–H and O–H groups in total. The molecule has 2 aromatic rings. The molecule has 0 bridgehead atoms. The predicted molar refractivity (Wildman–Crippen MR) is 88.7 cm³/mol. The van der Waals surface area contributed by atoms with Crippen molar-refractivity contribution in [3.63, 3.8) is 0 Å². The molecule has 124 valence electrons. The first-order valence-corrected chi connectivity index (χ1v) is 8.62. The molecule has 0 saturated carbocycles. The first-order chi connectivity index (χ1) is 11.2. The highest BCUT2D eigenvalue weighted by molar-refractivity contribution is 5.34. The third kappa shape index (κ3) is 3.05. The van der Waals surface area contributed by atoms with Crippen molar-refractivity contribution >= 4 is 0 Å². The summed E-state index contributed by atoms with van der Waals surface area (Å²) in [5.41, 5.74) is 4.18. The first kappa shape index (κ1) is 16.2. The Bertz CT molecular complexity index is 659. The standard InChI is InChI=1S/C19H25FN2O/c1-4-17-15(18(5-2)23-22-17)11-21-19-12(3)9-10-13-14(19)7-6-8-16(13)20/h6-8,12,19,21H,4-5,9-11H2,1-3H3/t12-,19+/m1/s1. The van der Waals surface area contributed by atoms with Crippen LogP contribution in [0.5, 0.6) is 0 Å². The van der Waals surface area contributed by atoms with Gasteiger partial charge < -0.3 is 9.84 Å². The second-order valence-corrected chi connectivity index (χ2v) is 6.42. The normalized spacial score (nSPS) is 20.5. The van der Waals surface area contributed by atoms with Crippen LogP contribution in [-0.2, 0) is 25.8 Å². The van der Waals surface area contributed by atoms with Gasteiger partial charge in [0.2, 0.25) is 0 Å². The molecular weight excluding hydrogens is 291 g/mol. The van der Waals surface area contributed by atoms with Gasteiger partial charge in [0.1, 0.15) is 11.6 Å². The monoisotopic (exact) mass is 316 g/mol. The molecule has 0 unspecified atom stereocenters. The van der Waals surface area contributed by atoms with Crippen LogP contribution in [0.4, 0.5) is 4.39 Å². The minimum absolute atomic E-state index is 0.0744. The number of halogens is 1. The number of nitrogens with zero attached hydrogens (tertiary/aromatic N) is 1. The molecule has 2 atom stereocenters. The summed E-state index contributed by atoms with van der Waals surface area (Å²) >= 11 is 0. The lowest BCUT2D eigenvalue weighted by Gasteiger charge is -2.32. The lowest BCUT2D eigenvalue weighted by Crippen LogP contribution is -2.31. The maximum Gasteiger partial charge on any atom is 0.141 e. The number of hydrogen-bond donors (Lipinski definition) is 1. The van der Waals surface area contributed by atoms with Crippen molar-refractivity contribution in [1.82, 2.24) is 10.5 Å². The lowest BCUT2D eigenvalue weighted by atomic mass is 9.80. The van der Waals surface area contributed by atoms with Gasteiger partial charge in [0.05, 0.1) is 5.69 Å². The fourth-order valence-electron chi connectivity index (χ4n) is 3.64. The van der Waals surface area contributed by atoms with Crippen LogP contribution in [0.3, 0.4) is 0 Å². The summed E-state index contributed by atoms with van der Waals surface area (Å²) in [5.74, 6) is 1.37. The molecule has 1 heterocycles. The van der Waals surface area contributed by atoms with E-state index in [1.807, 2.05) is 6.07 Å². The smallest absolute Gasteiger partial charge is 0.141 e. The SMILES string of the molecule is CCc1noc(CC)c1CN[C@@H]1c2cccc(F)c2CC[C@H]1C. The Kier molecular flexibility index (Phi) is 4.81. The Morgan fingerprint density at radius 1 is 1.30 bits per heavy atom. The molecule has 3 nitrogen and oxygen atoms in total. The summed E-state index contributed by atoms with van der Waals surface area (Å²) in [6.45, 7) is 7.13. The molecule has 1 aliphatic rings. The van der Waals surface area contributed by atoms with Crippen LogP contribution in [0.25, 0.3) is 0 Å². The number of aromatic nitrogens is 1. The molecule has 1 aromatic carbocycles. The average molecular weight is 316 g/mol. The van der Waals surface area contributed by atoms with E-state index in [0.29, 0.717) is 5.92 Å². The van der Waals surface area contributed by atoms with E-state index >= 15 is 0 Å². The summed E-state index contributed by atoms with van der Waals surface area (Å²) in [6.07, 6.45) is 3.55. The number of benzene rings is 1. The van der Waals surface area contributed by atoms with Crippen molar-refractivity contribution in [1.29, 1.82) is 0 Å². The van der Waals surface area contributed by atoms with Crippen LogP contribution < -0.4 is 5.32 Å². The van der Waals surface area contributed by atoms with Crippen LogP contribution in [0, 0.1) is 11.7 Å². The van der Waals surface area contributed by atoms with Gasteiger partial charge in [-0.25, -0.2) is 4.39 Å². The Balaban J connectivity index is 1.84. The van der Waals surface area contributed by atoms with E-state index in [0.717, 1.165) is 54.8 Å². The van der Waals surface area contributed by atoms with Crippen molar-refractivity contribution in [2.24, 2.45) is 5.92 Å². The highest BCUT2D eigenvalue weighted by atomic mass is 19.1. The largest absolute Gasteiger partial charge is 0.361 e. The van der Waals surface area contributed by atoms with Crippen molar-refractivity contribution in [3.05, 3.63) is 52.2 Å². The average Bonchev–Trinajstić information content (AvgIpc) is 2.96. The van der Waals surface area contributed by atoms with Gasteiger partial charge in [-0.2, -0.15) is 0 Å². The van der Waals surface area contributed by atoms with Gasteiger partial charge in [0, 0.05) is 24.6 Å². The lowest BCUT2D eigenvalue weighted by molar-refractivity contribution is 0.336. The minimum Gasteiger partial charge on any atom is -0.361 e. The number of rotatable bonds is 5. The zero-order chi connectivity index (χ0) is 16.4. The van der Waals surface area contributed by atoms with E-state index in [4.69, 9.17) is 4.52 Å². The second-order valence-electron chi connectivity index (χ2n) is 6.42. The number of aryl methyl sites for hydroxylation is 2. The fraction of sp³-hybridized carbons (Fsp3) is 0.526. The van der Waals surface area contributed by atoms with Crippen molar-refractivity contribution in [3.8, 4) is 0 Å². The first-order valence-electron chi connectivity index (χ1n) is 8.62. The summed E-state index contributed by atoms with van der Waals surface area (Å²) in [6, 6.07) is 5.62. The molecule has 0 spiro atoms. The van der Waals surface area contributed by atoms with Gasteiger partial charge in [-0.05, 0) is 42.4 Å². The fourth-order valence-corrected chi connectivity index (χ4v) is 3.64. The number of nitrogens with one attached hydrogen (secondary N) is 1. The van der Waals surface area contributed by atoms with Crippen molar-refractivity contribution < 1.29 is 8.91 Å². The van der Waals surface area contributed by atoms with E-state index in [-0.39, 0.29) is 11.9 Å². The van der Waals surface area contributed by atoms with Gasteiger partial charge in [-0.15, -0.1) is 0 Å². The second kappa shape index (κ2) is 6.83. The maximum absolute atomic E-state index is 14.1. The van der Waals surface area contributed by atoms with Crippen LogP contribution >= 0.6 is 0 Å². The zero-order valence-electron chi connectivity index (χ0n) is 14.2. The van der Waals surface area contributed by atoms with E-state index in [9.17, 15) is 4.39 Å². The van der Waals surface area contributed by atoms with Gasteiger partial charge >= 0.3 is 0 Å². The molecule has 4 heteroatoms. The van der Waals surface area contributed by atoms with Gasteiger partial charge in [-0.3, -0.25) is 0 Å². The molecule has 3 rings (SSSR count). The summed E-state index contributed by atoms with van der Waals surface area (Å²) in [5, 5.41) is 7.81. The molecule has 0 radical (unpaired) electrons. The Morgan fingerprint density at radius 2 is 2.13 bits per heavy atom. The highest BCUT2D eigenvalue weighted by Gasteiger charge is 2.28. The van der Waals surface area contributed by atoms with Crippen molar-refractivity contribution in [2.45, 2.75) is 59.0 Å². The molecule has 1 aliphatic carbocycles. The predicted octanol–water partition coefficient (Wildman–Crippen LogP) is 4.35. The molecule has 0 amide bonds. The molecular formula is C19H25FN2O. The van der Waals surface area contributed by atoms with Crippen LogP contribution in [0.15, 0.2) is 22.7 Å². The topological polar surface area (TPSA) is 38.1 Å². The third-order valence-corrected chi connectivity index (χ3v) is 5.01. The molecule has 23 heavy (non-hydrogen) atoms. The summed E-state index contributed by atoms with van der Waals surface area (Å²) in [4.78, 5) is 0. The minimum atomic E-state index is -0.0744. The number of fused-ring (bicyclic) bond motifs is 1.